The Morgan fingerprint density at radius 2 is 1.95 bits per heavy atom. The van der Waals surface area contributed by atoms with Gasteiger partial charge in [-0.2, -0.15) is 8.70 Å². The summed E-state index contributed by atoms with van der Waals surface area (Å²) in [7, 11) is -3.35. The molecule has 0 fully saturated rings. The molecule has 112 valence electrons. The van der Waals surface area contributed by atoms with E-state index in [2.05, 4.69) is 0 Å². The minimum atomic E-state index is -4.43. The summed E-state index contributed by atoms with van der Waals surface area (Å²) in [4.78, 5) is 8.40. The number of hydrogen-bond donors (Lipinski definition) is 1. The van der Waals surface area contributed by atoms with Gasteiger partial charge >= 0.3 is 5.69 Å². The van der Waals surface area contributed by atoms with E-state index < -0.39 is 49.8 Å². The van der Waals surface area contributed by atoms with E-state index in [0.717, 1.165) is 7.05 Å². The molecule has 7 nitrogen and oxygen atoms in total. The fraction of sp³-hybridized carbons (Fsp3) is 0.400. The molecule has 20 heavy (non-hydrogen) atoms. The second-order valence-corrected chi connectivity index (χ2v) is 6.01. The molecule has 0 aliphatic rings. The van der Waals surface area contributed by atoms with Gasteiger partial charge in [0, 0.05) is 25.2 Å². The molecule has 1 aromatic carbocycles. The zero-order valence-electron chi connectivity index (χ0n) is 10.6. The van der Waals surface area contributed by atoms with Crippen molar-refractivity contribution in [2.45, 2.75) is 17.9 Å². The van der Waals surface area contributed by atoms with Gasteiger partial charge in [0.05, 0.1) is 11.5 Å². The van der Waals surface area contributed by atoms with Crippen LogP contribution in [0.2, 0.25) is 0 Å². The van der Waals surface area contributed by atoms with Gasteiger partial charge in [0.2, 0.25) is 15.8 Å². The van der Waals surface area contributed by atoms with E-state index in [4.69, 9.17) is 5.11 Å². The summed E-state index contributed by atoms with van der Waals surface area (Å²) >= 11 is 0. The van der Waals surface area contributed by atoms with E-state index in [0.29, 0.717) is 10.4 Å². The molecule has 1 unspecified atom stereocenters. The third-order valence-corrected chi connectivity index (χ3v) is 4.73. The molecule has 0 aromatic heterocycles. The Kier molecular flexibility index (Phi) is 4.73. The highest BCUT2D eigenvalue weighted by Crippen LogP contribution is 2.27. The monoisotopic (exact) mass is 310 g/mol. The molecule has 0 bridgehead atoms. The van der Waals surface area contributed by atoms with Crippen LogP contribution in [0, 0.1) is 21.7 Å². The van der Waals surface area contributed by atoms with Gasteiger partial charge in [-0.25, -0.2) is 12.8 Å². The number of halogens is 2. The molecule has 1 atom stereocenters. The Hall–Kier alpha value is -1.65. The molecule has 0 saturated carbocycles. The first-order chi connectivity index (χ1) is 9.12. The smallest absolute Gasteiger partial charge is 0.306 e. The van der Waals surface area contributed by atoms with E-state index in [-0.39, 0.29) is 6.07 Å². The number of nitro benzene ring substituents is 1. The van der Waals surface area contributed by atoms with Crippen molar-refractivity contribution in [1.82, 2.24) is 4.31 Å². The van der Waals surface area contributed by atoms with Crippen LogP contribution in [0.4, 0.5) is 14.5 Å². The summed E-state index contributed by atoms with van der Waals surface area (Å²) in [5, 5.41) is 19.5. The normalized spacial score (nSPS) is 13.5. The highest BCUT2D eigenvalue weighted by molar-refractivity contribution is 7.89. The third kappa shape index (κ3) is 2.92. The summed E-state index contributed by atoms with van der Waals surface area (Å²) in [6, 6.07) is -0.410. The van der Waals surface area contributed by atoms with Crippen LogP contribution in [0.15, 0.2) is 17.0 Å². The Morgan fingerprint density at radius 1 is 1.40 bits per heavy atom. The van der Waals surface area contributed by atoms with Crippen LogP contribution in [-0.2, 0) is 10.0 Å². The van der Waals surface area contributed by atoms with Crippen molar-refractivity contribution < 1.29 is 27.2 Å². The minimum Gasteiger partial charge on any atom is -0.395 e. The lowest BCUT2D eigenvalue weighted by atomic mass is 10.3. The highest BCUT2D eigenvalue weighted by atomic mass is 32.2. The SMILES string of the molecule is CC(CO)N(C)S(=O)(=O)c1cc([N+](=O)[O-])c(F)cc1F. The summed E-state index contributed by atoms with van der Waals surface area (Å²) in [5.41, 5.74) is -1.14. The van der Waals surface area contributed by atoms with Crippen LogP contribution < -0.4 is 0 Å². The molecule has 1 aromatic rings. The number of benzene rings is 1. The van der Waals surface area contributed by atoms with Gasteiger partial charge in [-0.3, -0.25) is 10.1 Å². The van der Waals surface area contributed by atoms with Gasteiger partial charge in [-0.15, -0.1) is 0 Å². The average molecular weight is 310 g/mol. The minimum absolute atomic E-state index is 0.141. The summed E-state index contributed by atoms with van der Waals surface area (Å²) in [6.45, 7) is 0.827. The first kappa shape index (κ1) is 16.4. The molecular weight excluding hydrogens is 298 g/mol. The van der Waals surface area contributed by atoms with E-state index in [9.17, 15) is 27.3 Å². The van der Waals surface area contributed by atoms with Crippen molar-refractivity contribution in [3.8, 4) is 0 Å². The number of aliphatic hydroxyl groups is 1. The predicted octanol–water partition coefficient (Wildman–Crippen LogP) is 0.874. The van der Waals surface area contributed by atoms with Crippen LogP contribution >= 0.6 is 0 Å². The summed E-state index contributed by atoms with van der Waals surface area (Å²) < 4.78 is 51.5. The van der Waals surface area contributed by atoms with Gasteiger partial charge in [-0.05, 0) is 6.92 Å². The third-order valence-electron chi connectivity index (χ3n) is 2.74. The number of nitrogens with zero attached hydrogens (tertiary/aromatic N) is 2. The summed E-state index contributed by atoms with van der Waals surface area (Å²) in [5.74, 6) is -2.91. The maximum Gasteiger partial charge on any atom is 0.306 e. The van der Waals surface area contributed by atoms with Gasteiger partial charge in [-0.1, -0.05) is 0 Å². The Morgan fingerprint density at radius 3 is 2.40 bits per heavy atom. The van der Waals surface area contributed by atoms with Gasteiger partial charge in [0.1, 0.15) is 10.7 Å². The number of sulfonamides is 1. The number of aliphatic hydroxyl groups excluding tert-OH is 1. The topological polar surface area (TPSA) is 101 Å². The maximum atomic E-state index is 13.6. The van der Waals surface area contributed by atoms with Crippen molar-refractivity contribution in [2.75, 3.05) is 13.7 Å². The molecule has 1 N–H and O–H groups in total. The number of rotatable bonds is 5. The van der Waals surface area contributed by atoms with Crippen LogP contribution in [0.3, 0.4) is 0 Å². The molecule has 0 aliphatic heterocycles. The Bertz CT molecular complexity index is 635. The predicted molar refractivity (Wildman–Crippen MR) is 64.5 cm³/mol. The standard InChI is InChI=1S/C10H12F2N2O5S/c1-6(5-15)13(2)20(18,19)10-4-9(14(16)17)7(11)3-8(10)12/h3-4,6,15H,5H2,1-2H3. The first-order valence-electron chi connectivity index (χ1n) is 5.35. The van der Waals surface area contributed by atoms with Crippen LogP contribution in [0.25, 0.3) is 0 Å². The molecule has 0 saturated heterocycles. The van der Waals surface area contributed by atoms with E-state index in [1.807, 2.05) is 0 Å². The largest absolute Gasteiger partial charge is 0.395 e. The van der Waals surface area contributed by atoms with Crippen molar-refractivity contribution in [3.63, 3.8) is 0 Å². The Balaban J connectivity index is 3.46. The van der Waals surface area contributed by atoms with Crippen LogP contribution in [0.5, 0.6) is 0 Å². The molecule has 10 heteroatoms. The molecule has 0 aliphatic carbocycles. The summed E-state index contributed by atoms with van der Waals surface area (Å²) in [6.07, 6.45) is 0. The van der Waals surface area contributed by atoms with Crippen molar-refractivity contribution in [3.05, 3.63) is 33.9 Å². The number of nitro groups is 1. The number of likely N-dealkylation sites (N-methyl/N-ethyl adjacent to an activating group) is 1. The fourth-order valence-electron chi connectivity index (χ4n) is 1.36. The lowest BCUT2D eigenvalue weighted by Gasteiger charge is -2.22. The maximum absolute atomic E-state index is 13.6. The zero-order chi connectivity index (χ0) is 15.7. The van der Waals surface area contributed by atoms with Crippen molar-refractivity contribution >= 4 is 15.7 Å². The lowest BCUT2D eigenvalue weighted by molar-refractivity contribution is -0.387. The number of hydrogen-bond acceptors (Lipinski definition) is 5. The second-order valence-electron chi connectivity index (χ2n) is 4.04. The zero-order valence-corrected chi connectivity index (χ0v) is 11.4. The average Bonchev–Trinajstić information content (AvgIpc) is 2.35. The van der Waals surface area contributed by atoms with Crippen molar-refractivity contribution in [2.24, 2.45) is 0 Å². The van der Waals surface area contributed by atoms with Gasteiger partial charge < -0.3 is 5.11 Å². The molecule has 0 heterocycles. The van der Waals surface area contributed by atoms with E-state index in [1.54, 1.807) is 0 Å². The second kappa shape index (κ2) is 5.77. The molecule has 0 spiro atoms. The molecule has 0 amide bonds. The first-order valence-corrected chi connectivity index (χ1v) is 6.79. The van der Waals surface area contributed by atoms with Gasteiger partial charge in [0.25, 0.3) is 0 Å². The van der Waals surface area contributed by atoms with Crippen molar-refractivity contribution in [1.29, 1.82) is 0 Å². The molecule has 0 radical (unpaired) electrons. The lowest BCUT2D eigenvalue weighted by Crippen LogP contribution is -2.37. The van der Waals surface area contributed by atoms with E-state index >= 15 is 0 Å². The van der Waals surface area contributed by atoms with Crippen LogP contribution in [0.1, 0.15) is 6.92 Å². The quantitative estimate of drug-likeness (QED) is 0.642. The molecule has 1 rings (SSSR count). The van der Waals surface area contributed by atoms with E-state index in [1.165, 1.54) is 6.92 Å². The fourth-order valence-corrected chi connectivity index (χ4v) is 2.78. The molecular formula is C10H12F2N2O5S. The van der Waals surface area contributed by atoms with Crippen LogP contribution in [-0.4, -0.2) is 42.4 Å². The Labute approximate surface area is 113 Å². The highest BCUT2D eigenvalue weighted by Gasteiger charge is 2.31. The van der Waals surface area contributed by atoms with Gasteiger partial charge in [0.15, 0.2) is 0 Å².